The number of amides is 2. The summed E-state index contributed by atoms with van der Waals surface area (Å²) in [6.07, 6.45) is 3.78. The molecule has 6 nitrogen and oxygen atoms in total. The number of hydrogen-bond donors (Lipinski definition) is 1. The molecule has 1 aliphatic rings. The van der Waals surface area contributed by atoms with Crippen LogP contribution in [0.1, 0.15) is 54.7 Å². The van der Waals surface area contributed by atoms with Crippen LogP contribution < -0.4 is 15.0 Å². The van der Waals surface area contributed by atoms with Gasteiger partial charge in [0.1, 0.15) is 27.0 Å². The van der Waals surface area contributed by atoms with Crippen molar-refractivity contribution >= 4 is 52.2 Å². The maximum Gasteiger partial charge on any atom is 0.280 e. The maximum atomic E-state index is 14.3. The van der Waals surface area contributed by atoms with Crippen molar-refractivity contribution < 1.29 is 18.7 Å². The number of hydrogen-bond acceptors (Lipinski definition) is 5. The standard InChI is InChI=1S/C25H24Cl2FN3O3S/c1-2-34-19-12-10-15(11-13-19)22(24(32)29-17-7-3-4-8-17)31(18-9-5-6-16(28)14-18)25(33)21-20(26)23(27)35-30-21/h5-6,9-14,17,22H,2-4,7-8H2,1H3,(H,29,32)/t22-/m1/s1. The minimum atomic E-state index is -1.11. The number of benzene rings is 2. The third kappa shape index (κ3) is 5.77. The SMILES string of the molecule is CCOc1ccc([C@H](C(=O)NC2CCCC2)N(C(=O)c2nsc(Cl)c2Cl)c2cccc(F)c2)cc1. The zero-order valence-electron chi connectivity index (χ0n) is 19.0. The number of aromatic nitrogens is 1. The molecule has 0 aliphatic heterocycles. The summed E-state index contributed by atoms with van der Waals surface area (Å²) in [7, 11) is 0. The van der Waals surface area contributed by atoms with Crippen LogP contribution in [-0.4, -0.2) is 28.8 Å². The van der Waals surface area contributed by atoms with E-state index >= 15 is 0 Å². The summed E-state index contributed by atoms with van der Waals surface area (Å²) in [5.74, 6) is -0.964. The van der Waals surface area contributed by atoms with Crippen LogP contribution >= 0.6 is 34.7 Å². The zero-order chi connectivity index (χ0) is 24.9. The summed E-state index contributed by atoms with van der Waals surface area (Å²) in [4.78, 5) is 28.8. The van der Waals surface area contributed by atoms with E-state index in [0.717, 1.165) is 37.2 Å². The van der Waals surface area contributed by atoms with E-state index in [0.29, 0.717) is 17.9 Å². The Hall–Kier alpha value is -2.68. The number of halogens is 3. The summed E-state index contributed by atoms with van der Waals surface area (Å²) in [5.41, 5.74) is 0.616. The van der Waals surface area contributed by atoms with E-state index in [4.69, 9.17) is 27.9 Å². The highest BCUT2D eigenvalue weighted by Gasteiger charge is 2.37. The fraction of sp³-hybridized carbons (Fsp3) is 0.320. The van der Waals surface area contributed by atoms with Crippen LogP contribution in [0.2, 0.25) is 9.36 Å². The Morgan fingerprint density at radius 1 is 1.20 bits per heavy atom. The summed E-state index contributed by atoms with van der Waals surface area (Å²) in [6, 6.07) is 11.3. The largest absolute Gasteiger partial charge is 0.494 e. The van der Waals surface area contributed by atoms with Crippen molar-refractivity contribution in [3.8, 4) is 5.75 Å². The summed E-state index contributed by atoms with van der Waals surface area (Å²) >= 11 is 13.2. The number of carbonyl (C=O) groups is 2. The molecule has 3 aromatic rings. The molecule has 0 bridgehead atoms. The molecule has 2 aromatic carbocycles. The molecule has 1 heterocycles. The molecule has 0 spiro atoms. The molecule has 4 rings (SSSR count). The Morgan fingerprint density at radius 3 is 2.51 bits per heavy atom. The van der Waals surface area contributed by atoms with Gasteiger partial charge in [-0.3, -0.25) is 14.5 Å². The van der Waals surface area contributed by atoms with Gasteiger partial charge in [-0.05, 0) is 67.2 Å². The zero-order valence-corrected chi connectivity index (χ0v) is 21.3. The van der Waals surface area contributed by atoms with Gasteiger partial charge in [0.05, 0.1) is 6.61 Å². The van der Waals surface area contributed by atoms with Crippen molar-refractivity contribution in [3.05, 3.63) is 75.0 Å². The number of anilines is 1. The van der Waals surface area contributed by atoms with E-state index in [-0.39, 0.29) is 32.7 Å². The van der Waals surface area contributed by atoms with E-state index in [1.807, 2.05) is 6.92 Å². The molecule has 184 valence electrons. The van der Waals surface area contributed by atoms with Crippen molar-refractivity contribution in [2.45, 2.75) is 44.7 Å². The lowest BCUT2D eigenvalue weighted by Gasteiger charge is -2.32. The van der Waals surface area contributed by atoms with E-state index in [1.165, 1.54) is 23.1 Å². The van der Waals surface area contributed by atoms with Crippen LogP contribution in [0, 0.1) is 5.82 Å². The highest BCUT2D eigenvalue weighted by molar-refractivity contribution is 7.11. The Kier molecular flexibility index (Phi) is 8.26. The number of rotatable bonds is 8. The highest BCUT2D eigenvalue weighted by Crippen LogP contribution is 2.36. The molecule has 1 aliphatic carbocycles. The van der Waals surface area contributed by atoms with E-state index in [1.54, 1.807) is 30.3 Å². The number of nitrogens with one attached hydrogen (secondary N) is 1. The Labute approximate surface area is 217 Å². The van der Waals surface area contributed by atoms with Crippen LogP contribution in [0.5, 0.6) is 5.75 Å². The fourth-order valence-corrected chi connectivity index (χ4v) is 5.18. The van der Waals surface area contributed by atoms with Crippen LogP contribution in [0.25, 0.3) is 0 Å². The van der Waals surface area contributed by atoms with Gasteiger partial charge in [-0.15, -0.1) is 0 Å². The Balaban J connectivity index is 1.82. The quantitative estimate of drug-likeness (QED) is 0.360. The first-order valence-electron chi connectivity index (χ1n) is 11.3. The number of nitrogens with zero attached hydrogens (tertiary/aromatic N) is 2. The summed E-state index contributed by atoms with van der Waals surface area (Å²) in [5, 5.41) is 3.06. The average molecular weight is 536 g/mol. The van der Waals surface area contributed by atoms with Crippen LogP contribution in [0.15, 0.2) is 48.5 Å². The van der Waals surface area contributed by atoms with Crippen molar-refractivity contribution in [3.63, 3.8) is 0 Å². The first-order valence-corrected chi connectivity index (χ1v) is 12.8. The summed E-state index contributed by atoms with van der Waals surface area (Å²) in [6.45, 7) is 2.36. The van der Waals surface area contributed by atoms with E-state index in [2.05, 4.69) is 9.69 Å². The van der Waals surface area contributed by atoms with Gasteiger partial charge in [0, 0.05) is 11.7 Å². The van der Waals surface area contributed by atoms with Crippen molar-refractivity contribution in [2.24, 2.45) is 0 Å². The monoisotopic (exact) mass is 535 g/mol. The molecule has 1 aromatic heterocycles. The second-order valence-electron chi connectivity index (χ2n) is 8.17. The molecule has 0 saturated heterocycles. The molecule has 10 heteroatoms. The molecule has 35 heavy (non-hydrogen) atoms. The summed E-state index contributed by atoms with van der Waals surface area (Å²) < 4.78 is 24.1. The van der Waals surface area contributed by atoms with Gasteiger partial charge in [-0.25, -0.2) is 4.39 Å². The van der Waals surface area contributed by atoms with Gasteiger partial charge >= 0.3 is 0 Å². The maximum absolute atomic E-state index is 14.3. The van der Waals surface area contributed by atoms with Crippen molar-refractivity contribution in [2.75, 3.05) is 11.5 Å². The van der Waals surface area contributed by atoms with Gasteiger partial charge in [-0.1, -0.05) is 54.2 Å². The molecule has 0 unspecified atom stereocenters. The third-order valence-electron chi connectivity index (χ3n) is 5.82. The van der Waals surface area contributed by atoms with Crippen LogP contribution in [-0.2, 0) is 4.79 Å². The van der Waals surface area contributed by atoms with Crippen LogP contribution in [0.4, 0.5) is 10.1 Å². The third-order valence-corrected chi connectivity index (χ3v) is 7.43. The lowest BCUT2D eigenvalue weighted by molar-refractivity contribution is -0.123. The van der Waals surface area contributed by atoms with Gasteiger partial charge in [0.2, 0.25) is 5.91 Å². The lowest BCUT2D eigenvalue weighted by atomic mass is 10.0. The Morgan fingerprint density at radius 2 is 1.91 bits per heavy atom. The smallest absolute Gasteiger partial charge is 0.280 e. The second kappa shape index (κ2) is 11.4. The molecule has 0 radical (unpaired) electrons. The number of carbonyl (C=O) groups excluding carboxylic acids is 2. The molecular formula is C25H24Cl2FN3O3S. The molecular weight excluding hydrogens is 512 g/mol. The van der Waals surface area contributed by atoms with Gasteiger partial charge < -0.3 is 10.1 Å². The molecule has 2 amide bonds. The van der Waals surface area contributed by atoms with Crippen LogP contribution in [0.3, 0.4) is 0 Å². The first kappa shape index (κ1) is 25.4. The minimum absolute atomic E-state index is 0.00876. The minimum Gasteiger partial charge on any atom is -0.494 e. The predicted octanol–water partition coefficient (Wildman–Crippen LogP) is 6.43. The normalized spacial score (nSPS) is 14.5. The highest BCUT2D eigenvalue weighted by atomic mass is 35.5. The molecule has 1 fully saturated rings. The first-order chi connectivity index (χ1) is 16.9. The van der Waals surface area contributed by atoms with E-state index in [9.17, 15) is 14.0 Å². The van der Waals surface area contributed by atoms with E-state index < -0.39 is 17.8 Å². The molecule has 1 N–H and O–H groups in total. The Bertz CT molecular complexity index is 1200. The van der Waals surface area contributed by atoms with Gasteiger partial charge in [0.15, 0.2) is 5.69 Å². The average Bonchev–Trinajstić information content (AvgIpc) is 3.47. The molecule has 1 atom stereocenters. The van der Waals surface area contributed by atoms with Crippen molar-refractivity contribution in [1.82, 2.24) is 9.69 Å². The lowest BCUT2D eigenvalue weighted by Crippen LogP contribution is -2.46. The van der Waals surface area contributed by atoms with Crippen molar-refractivity contribution in [1.29, 1.82) is 0 Å². The van der Waals surface area contributed by atoms with Gasteiger partial charge in [-0.2, -0.15) is 4.37 Å². The molecule has 1 saturated carbocycles. The predicted molar refractivity (Wildman–Crippen MR) is 136 cm³/mol. The van der Waals surface area contributed by atoms with Gasteiger partial charge in [0.25, 0.3) is 5.91 Å². The second-order valence-corrected chi connectivity index (χ2v) is 9.92. The fourth-order valence-electron chi connectivity index (χ4n) is 4.20. The topological polar surface area (TPSA) is 71.5 Å². The number of ether oxygens (including phenoxy) is 1.